The van der Waals surface area contributed by atoms with Gasteiger partial charge in [0.15, 0.2) is 6.04 Å². The number of fused-ring (bicyclic) bond motifs is 1. The lowest BCUT2D eigenvalue weighted by Crippen LogP contribution is -2.52. The van der Waals surface area contributed by atoms with Crippen LogP contribution in [0.3, 0.4) is 0 Å². The zero-order valence-electron chi connectivity index (χ0n) is 11.7. The highest BCUT2D eigenvalue weighted by Gasteiger charge is 2.33. The summed E-state index contributed by atoms with van der Waals surface area (Å²) in [5, 5.41) is 10.3. The number of hydrogen-bond donors (Lipinski definition) is 1. The van der Waals surface area contributed by atoms with Crippen LogP contribution in [0, 0.1) is 0 Å². The molecule has 1 saturated heterocycles. The van der Waals surface area contributed by atoms with E-state index in [2.05, 4.69) is 0 Å². The number of amides is 1. The van der Waals surface area contributed by atoms with E-state index in [-0.39, 0.29) is 12.5 Å². The largest absolute Gasteiger partial charge is 0.480 e. The van der Waals surface area contributed by atoms with Crippen LogP contribution in [0.15, 0.2) is 30.5 Å². The number of morpholine rings is 1. The lowest BCUT2D eigenvalue weighted by Gasteiger charge is -2.32. The molecule has 0 aliphatic carbocycles. The number of carboxylic acid groups (broad SMARTS) is 1. The molecule has 1 aliphatic heterocycles. The van der Waals surface area contributed by atoms with Gasteiger partial charge in [0.1, 0.15) is 0 Å². The quantitative estimate of drug-likeness (QED) is 0.898. The summed E-state index contributed by atoms with van der Waals surface area (Å²) < 4.78 is 7.09. The van der Waals surface area contributed by atoms with Gasteiger partial charge in [-0.15, -0.1) is 0 Å². The molecule has 2 heterocycles. The van der Waals surface area contributed by atoms with E-state index in [9.17, 15) is 14.7 Å². The molecular formula is C15H16N2O4. The highest BCUT2D eigenvalue weighted by Crippen LogP contribution is 2.19. The number of carbonyl (C=O) groups excluding carboxylic acids is 1. The maximum atomic E-state index is 12.6. The van der Waals surface area contributed by atoms with Gasteiger partial charge < -0.3 is 19.3 Å². The van der Waals surface area contributed by atoms with Crippen molar-refractivity contribution in [3.8, 4) is 0 Å². The van der Waals surface area contributed by atoms with Crippen molar-refractivity contribution >= 4 is 22.8 Å². The molecule has 1 aromatic heterocycles. The molecule has 0 spiro atoms. The molecule has 6 heteroatoms. The maximum Gasteiger partial charge on any atom is 0.328 e. The average molecular weight is 288 g/mol. The highest BCUT2D eigenvalue weighted by atomic mass is 16.5. The first-order valence-electron chi connectivity index (χ1n) is 6.74. The summed E-state index contributed by atoms with van der Waals surface area (Å²) in [4.78, 5) is 25.2. The summed E-state index contributed by atoms with van der Waals surface area (Å²) in [5.41, 5.74) is 1.44. The summed E-state index contributed by atoms with van der Waals surface area (Å²) in [5.74, 6) is -1.31. The number of aryl methyl sites for hydroxylation is 1. The number of benzene rings is 1. The molecular weight excluding hydrogens is 272 g/mol. The molecule has 1 atom stereocenters. The van der Waals surface area contributed by atoms with Crippen LogP contribution in [0.4, 0.5) is 0 Å². The third kappa shape index (κ3) is 2.38. The van der Waals surface area contributed by atoms with Gasteiger partial charge in [0.05, 0.1) is 13.2 Å². The lowest BCUT2D eigenvalue weighted by molar-refractivity contribution is -0.147. The fourth-order valence-corrected chi connectivity index (χ4v) is 2.61. The number of rotatable bonds is 2. The van der Waals surface area contributed by atoms with Gasteiger partial charge >= 0.3 is 5.97 Å². The zero-order valence-corrected chi connectivity index (χ0v) is 11.7. The van der Waals surface area contributed by atoms with E-state index in [0.29, 0.717) is 18.7 Å². The van der Waals surface area contributed by atoms with Gasteiger partial charge in [-0.1, -0.05) is 6.07 Å². The Balaban J connectivity index is 1.94. The number of carboxylic acids is 1. The molecule has 0 bridgehead atoms. The van der Waals surface area contributed by atoms with Crippen molar-refractivity contribution in [1.82, 2.24) is 9.47 Å². The van der Waals surface area contributed by atoms with Crippen molar-refractivity contribution < 1.29 is 19.4 Å². The molecule has 6 nitrogen and oxygen atoms in total. The Bertz CT molecular complexity index is 707. The second-order valence-corrected chi connectivity index (χ2v) is 5.13. The summed E-state index contributed by atoms with van der Waals surface area (Å²) >= 11 is 0. The molecule has 1 aliphatic rings. The number of ether oxygens (including phenoxy) is 1. The van der Waals surface area contributed by atoms with E-state index in [0.717, 1.165) is 10.9 Å². The Labute approximate surface area is 121 Å². The van der Waals surface area contributed by atoms with E-state index < -0.39 is 12.0 Å². The predicted octanol–water partition coefficient (Wildman–Crippen LogP) is 1.10. The fraction of sp³-hybridized carbons (Fsp3) is 0.333. The van der Waals surface area contributed by atoms with Gasteiger partial charge in [-0.25, -0.2) is 4.79 Å². The zero-order chi connectivity index (χ0) is 15.0. The Morgan fingerprint density at radius 1 is 1.33 bits per heavy atom. The van der Waals surface area contributed by atoms with Crippen molar-refractivity contribution in [3.63, 3.8) is 0 Å². The predicted molar refractivity (Wildman–Crippen MR) is 76.2 cm³/mol. The normalized spacial score (nSPS) is 18.9. The first-order chi connectivity index (χ1) is 10.1. The van der Waals surface area contributed by atoms with E-state index in [1.807, 2.05) is 29.9 Å². The van der Waals surface area contributed by atoms with Crippen molar-refractivity contribution in [3.05, 3.63) is 36.0 Å². The van der Waals surface area contributed by atoms with Crippen molar-refractivity contribution in [1.29, 1.82) is 0 Å². The summed E-state index contributed by atoms with van der Waals surface area (Å²) in [6.45, 7) is 0.691. The van der Waals surface area contributed by atoms with Crippen LogP contribution in [-0.2, 0) is 16.6 Å². The molecule has 0 radical (unpaired) electrons. The molecule has 1 fully saturated rings. The standard InChI is InChI=1S/C15H16N2O4/c1-16-5-4-10-2-3-11(8-12(10)16)14(18)17-6-7-21-9-13(17)15(19)20/h2-5,8,13H,6-7,9H2,1H3,(H,19,20). The molecule has 3 rings (SSSR count). The summed E-state index contributed by atoms with van der Waals surface area (Å²) in [6, 6.07) is 6.46. The highest BCUT2D eigenvalue weighted by molar-refractivity contribution is 5.99. The SMILES string of the molecule is Cn1ccc2ccc(C(=O)N3CCOCC3C(=O)O)cc21. The second-order valence-electron chi connectivity index (χ2n) is 5.13. The molecule has 2 aromatic rings. The van der Waals surface area contributed by atoms with E-state index >= 15 is 0 Å². The summed E-state index contributed by atoms with van der Waals surface area (Å²) in [6.07, 6.45) is 1.92. The van der Waals surface area contributed by atoms with Crippen molar-refractivity contribution in [2.45, 2.75) is 6.04 Å². The lowest BCUT2D eigenvalue weighted by atomic mass is 10.1. The van der Waals surface area contributed by atoms with Gasteiger partial charge in [-0.2, -0.15) is 0 Å². The molecule has 1 amide bonds. The first kappa shape index (κ1) is 13.6. The third-order valence-corrected chi connectivity index (χ3v) is 3.81. The van der Waals surface area contributed by atoms with Crippen LogP contribution in [0.25, 0.3) is 10.9 Å². The maximum absolute atomic E-state index is 12.6. The molecule has 0 saturated carbocycles. The number of aromatic nitrogens is 1. The van der Waals surface area contributed by atoms with E-state index in [4.69, 9.17) is 4.74 Å². The van der Waals surface area contributed by atoms with Gasteiger partial charge in [-0.05, 0) is 23.6 Å². The Morgan fingerprint density at radius 2 is 2.14 bits per heavy atom. The minimum absolute atomic E-state index is 0.0352. The first-order valence-corrected chi connectivity index (χ1v) is 6.74. The van der Waals surface area contributed by atoms with Crippen LogP contribution < -0.4 is 0 Å². The number of hydrogen-bond acceptors (Lipinski definition) is 3. The van der Waals surface area contributed by atoms with Crippen LogP contribution >= 0.6 is 0 Å². The fourth-order valence-electron chi connectivity index (χ4n) is 2.61. The number of carbonyl (C=O) groups is 2. The third-order valence-electron chi connectivity index (χ3n) is 3.81. The second kappa shape index (κ2) is 5.21. The molecule has 21 heavy (non-hydrogen) atoms. The Hall–Kier alpha value is -2.34. The van der Waals surface area contributed by atoms with Gasteiger partial charge in [0, 0.05) is 30.9 Å². The van der Waals surface area contributed by atoms with Crippen LogP contribution in [0.5, 0.6) is 0 Å². The van der Waals surface area contributed by atoms with Crippen molar-refractivity contribution in [2.24, 2.45) is 7.05 Å². The number of aliphatic carboxylic acids is 1. The minimum Gasteiger partial charge on any atom is -0.480 e. The van der Waals surface area contributed by atoms with Crippen LogP contribution in [-0.4, -0.2) is 52.3 Å². The topological polar surface area (TPSA) is 71.8 Å². The molecule has 1 unspecified atom stereocenters. The van der Waals surface area contributed by atoms with Crippen molar-refractivity contribution in [2.75, 3.05) is 19.8 Å². The monoisotopic (exact) mass is 288 g/mol. The van der Waals surface area contributed by atoms with E-state index in [1.165, 1.54) is 4.90 Å². The molecule has 1 aromatic carbocycles. The number of nitrogens with zero attached hydrogens (tertiary/aromatic N) is 2. The Kier molecular flexibility index (Phi) is 3.39. The van der Waals surface area contributed by atoms with Gasteiger partial charge in [0.25, 0.3) is 5.91 Å². The Morgan fingerprint density at radius 3 is 2.90 bits per heavy atom. The van der Waals surface area contributed by atoms with Gasteiger partial charge in [-0.3, -0.25) is 4.79 Å². The molecule has 110 valence electrons. The molecule has 1 N–H and O–H groups in total. The van der Waals surface area contributed by atoms with Gasteiger partial charge in [0.2, 0.25) is 0 Å². The average Bonchev–Trinajstić information content (AvgIpc) is 2.87. The van der Waals surface area contributed by atoms with E-state index in [1.54, 1.807) is 12.1 Å². The smallest absolute Gasteiger partial charge is 0.328 e. The van der Waals surface area contributed by atoms with Crippen LogP contribution in [0.2, 0.25) is 0 Å². The summed E-state index contributed by atoms with van der Waals surface area (Å²) in [7, 11) is 1.91. The minimum atomic E-state index is -1.04. The van der Waals surface area contributed by atoms with Crippen LogP contribution in [0.1, 0.15) is 10.4 Å².